The molecule has 0 radical (unpaired) electrons. The zero-order valence-corrected chi connectivity index (χ0v) is 19.3. The minimum Gasteiger partial charge on any atom is -0.491 e. The predicted molar refractivity (Wildman–Crippen MR) is 128 cm³/mol. The van der Waals surface area contributed by atoms with Crippen molar-refractivity contribution >= 4 is 28.3 Å². The van der Waals surface area contributed by atoms with E-state index < -0.39 is 23.4 Å². The molecule has 2 N–H and O–H groups in total. The number of fused-ring (bicyclic) bond motifs is 4. The molecule has 10 heteroatoms. The lowest BCUT2D eigenvalue weighted by atomic mass is 10.0. The fraction of sp³-hybridized carbons (Fsp3) is 0.269. The zero-order valence-electron chi connectivity index (χ0n) is 19.3. The van der Waals surface area contributed by atoms with Gasteiger partial charge >= 0.3 is 0 Å². The second-order valence-corrected chi connectivity index (χ2v) is 8.98. The molecule has 0 bridgehead atoms. The van der Waals surface area contributed by atoms with Crippen molar-refractivity contribution in [1.82, 2.24) is 19.3 Å². The molecule has 2 aromatic heterocycles. The van der Waals surface area contributed by atoms with Crippen LogP contribution in [-0.4, -0.2) is 57.7 Å². The highest BCUT2D eigenvalue weighted by atomic mass is 19.1. The third-order valence-electron chi connectivity index (χ3n) is 6.66. The smallest absolute Gasteiger partial charge is 0.257 e. The lowest BCUT2D eigenvalue weighted by molar-refractivity contribution is 0.0704. The van der Waals surface area contributed by atoms with E-state index in [-0.39, 0.29) is 31.0 Å². The molecular weight excluding hydrogens is 468 g/mol. The summed E-state index contributed by atoms with van der Waals surface area (Å²) >= 11 is 0. The van der Waals surface area contributed by atoms with E-state index in [4.69, 9.17) is 15.2 Å². The molecular formula is C26H21F2N5O3. The van der Waals surface area contributed by atoms with Gasteiger partial charge in [0.1, 0.15) is 29.5 Å². The van der Waals surface area contributed by atoms with Crippen molar-refractivity contribution in [3.8, 4) is 17.6 Å². The average molecular weight is 489 g/mol. The fourth-order valence-electron chi connectivity index (χ4n) is 4.61. The van der Waals surface area contributed by atoms with Crippen LogP contribution in [0.2, 0.25) is 0 Å². The summed E-state index contributed by atoms with van der Waals surface area (Å²) in [5, 5.41) is 0. The van der Waals surface area contributed by atoms with Gasteiger partial charge in [-0.25, -0.2) is 18.7 Å². The van der Waals surface area contributed by atoms with Crippen molar-refractivity contribution in [2.24, 2.45) is 0 Å². The van der Waals surface area contributed by atoms with Gasteiger partial charge in [-0.3, -0.25) is 9.20 Å². The molecule has 2 aromatic carbocycles. The molecule has 4 aromatic rings. The Morgan fingerprint density at radius 2 is 2.17 bits per heavy atom. The largest absolute Gasteiger partial charge is 0.491 e. The van der Waals surface area contributed by atoms with Crippen molar-refractivity contribution in [3.63, 3.8) is 0 Å². The quantitative estimate of drug-likeness (QED) is 0.435. The van der Waals surface area contributed by atoms with E-state index >= 15 is 4.39 Å². The Labute approximate surface area is 204 Å². The first-order chi connectivity index (χ1) is 17.3. The lowest BCUT2D eigenvalue weighted by Crippen LogP contribution is -2.32. The molecule has 2 atom stereocenters. The number of nitrogens with two attached hydrogens (primary N) is 1. The number of likely N-dealkylation sites (N-methyl/N-ethyl adjacent to an activating group) is 1. The summed E-state index contributed by atoms with van der Waals surface area (Å²) in [5.41, 5.74) is 6.97. The second-order valence-electron chi connectivity index (χ2n) is 8.98. The molecule has 1 amide bonds. The number of rotatable bonds is 2. The molecule has 2 aliphatic rings. The molecule has 0 aliphatic carbocycles. The van der Waals surface area contributed by atoms with Gasteiger partial charge in [0, 0.05) is 30.7 Å². The highest BCUT2D eigenvalue weighted by Gasteiger charge is 2.34. The maximum atomic E-state index is 15.0. The number of benzene rings is 2. The first-order valence-corrected chi connectivity index (χ1v) is 11.4. The zero-order chi connectivity index (χ0) is 25.0. The molecule has 36 heavy (non-hydrogen) atoms. The molecule has 0 spiro atoms. The summed E-state index contributed by atoms with van der Waals surface area (Å²) in [6, 6.07) is 7.51. The van der Waals surface area contributed by atoms with Crippen LogP contribution in [-0.2, 0) is 4.74 Å². The molecule has 4 heterocycles. The van der Waals surface area contributed by atoms with Crippen LogP contribution in [0.3, 0.4) is 0 Å². The van der Waals surface area contributed by atoms with E-state index in [2.05, 4.69) is 21.8 Å². The number of imidazole rings is 1. The number of hydrogen-bond donors (Lipinski definition) is 1. The van der Waals surface area contributed by atoms with Crippen molar-refractivity contribution in [2.45, 2.75) is 18.1 Å². The molecule has 1 saturated heterocycles. The van der Waals surface area contributed by atoms with Crippen LogP contribution >= 0.6 is 0 Å². The van der Waals surface area contributed by atoms with Gasteiger partial charge in [0.2, 0.25) is 0 Å². The van der Waals surface area contributed by atoms with Gasteiger partial charge in [0.25, 0.3) is 5.91 Å². The summed E-state index contributed by atoms with van der Waals surface area (Å²) in [6.07, 6.45) is 3.34. The van der Waals surface area contributed by atoms with Gasteiger partial charge in [-0.2, -0.15) is 0 Å². The molecule has 6 rings (SSSR count). The van der Waals surface area contributed by atoms with Crippen LogP contribution in [0.5, 0.6) is 5.75 Å². The second kappa shape index (κ2) is 8.17. The first kappa shape index (κ1) is 22.2. The van der Waals surface area contributed by atoms with Gasteiger partial charge in [0.05, 0.1) is 48.4 Å². The van der Waals surface area contributed by atoms with Crippen LogP contribution in [0.15, 0.2) is 42.9 Å². The molecule has 1 fully saturated rings. The minimum absolute atomic E-state index is 0.0302. The van der Waals surface area contributed by atoms with Gasteiger partial charge in [-0.1, -0.05) is 17.9 Å². The number of nitrogens with zero attached hydrogens (tertiary/aromatic N) is 4. The number of amides is 1. The number of carbonyl (C=O) groups is 1. The summed E-state index contributed by atoms with van der Waals surface area (Å²) in [6.45, 7) is 0.530. The summed E-state index contributed by atoms with van der Waals surface area (Å²) < 4.78 is 42.1. The number of anilines is 1. The van der Waals surface area contributed by atoms with E-state index in [0.717, 1.165) is 5.56 Å². The van der Waals surface area contributed by atoms with E-state index in [0.29, 0.717) is 34.5 Å². The molecule has 1 unspecified atom stereocenters. The van der Waals surface area contributed by atoms with Crippen molar-refractivity contribution < 1.29 is 23.0 Å². The number of carbonyl (C=O) groups excluding carboxylic acids is 1. The maximum Gasteiger partial charge on any atom is 0.257 e. The average Bonchev–Trinajstić information content (AvgIpc) is 3.62. The van der Waals surface area contributed by atoms with Gasteiger partial charge < -0.3 is 20.1 Å². The van der Waals surface area contributed by atoms with Crippen molar-refractivity contribution in [3.05, 3.63) is 65.4 Å². The lowest BCUT2D eigenvalue weighted by Gasteiger charge is -2.24. The standard InChI is InChI=1S/C26H21F2N5O3/c1-32(22-12-36-23-8-15(2-3-16(22)23)4-5-26(28)6-7-35-13-26)25(34)17-9-20-19(10-18(17)27)31-24(29)21-11-30-14-33(20)21/h2-3,8-11,14,22H,6-7,12-13H2,1H3,(H2,29,31)/t22-,26?/m1/s1. The Balaban J connectivity index is 1.29. The van der Waals surface area contributed by atoms with Crippen molar-refractivity contribution in [2.75, 3.05) is 32.6 Å². The van der Waals surface area contributed by atoms with Crippen LogP contribution in [0, 0.1) is 17.7 Å². The van der Waals surface area contributed by atoms with Crippen LogP contribution in [0.4, 0.5) is 14.6 Å². The Hall–Kier alpha value is -4.23. The SMILES string of the molecule is CN(C(=O)c1cc2c(cc1F)nc(N)c1cncn12)[C@@H]1COc2cc(C#CC3(F)CCOC3)ccc21. The predicted octanol–water partition coefficient (Wildman–Crippen LogP) is 3.29. The maximum absolute atomic E-state index is 15.0. The summed E-state index contributed by atoms with van der Waals surface area (Å²) in [4.78, 5) is 23.1. The molecule has 2 aliphatic heterocycles. The van der Waals surface area contributed by atoms with Gasteiger partial charge in [0.15, 0.2) is 5.67 Å². The highest BCUT2D eigenvalue weighted by Crippen LogP contribution is 2.37. The summed E-state index contributed by atoms with van der Waals surface area (Å²) in [7, 11) is 1.60. The van der Waals surface area contributed by atoms with Crippen LogP contribution < -0.4 is 10.5 Å². The summed E-state index contributed by atoms with van der Waals surface area (Å²) in [5.74, 6) is 5.07. The van der Waals surface area contributed by atoms with E-state index in [1.165, 1.54) is 23.4 Å². The van der Waals surface area contributed by atoms with Crippen LogP contribution in [0.1, 0.15) is 33.9 Å². The third-order valence-corrected chi connectivity index (χ3v) is 6.66. The van der Waals surface area contributed by atoms with E-state index in [9.17, 15) is 9.18 Å². The number of hydrogen-bond acceptors (Lipinski definition) is 6. The normalized spacial score (nSPS) is 20.7. The Morgan fingerprint density at radius 3 is 2.97 bits per heavy atom. The number of ether oxygens (including phenoxy) is 2. The monoisotopic (exact) mass is 489 g/mol. The molecule has 0 saturated carbocycles. The van der Waals surface area contributed by atoms with Crippen LogP contribution in [0.25, 0.3) is 16.6 Å². The fourth-order valence-corrected chi connectivity index (χ4v) is 4.61. The number of aromatic nitrogens is 3. The third kappa shape index (κ3) is 3.60. The number of alkyl halides is 1. The number of halogens is 2. The number of nitrogen functional groups attached to an aromatic ring is 1. The van der Waals surface area contributed by atoms with Gasteiger partial charge in [-0.05, 0) is 18.2 Å². The first-order valence-electron chi connectivity index (χ1n) is 11.4. The van der Waals surface area contributed by atoms with E-state index in [1.54, 1.807) is 35.8 Å². The molecule has 8 nitrogen and oxygen atoms in total. The Kier molecular flexibility index (Phi) is 5.05. The van der Waals surface area contributed by atoms with Gasteiger partial charge in [-0.15, -0.1) is 0 Å². The Morgan fingerprint density at radius 1 is 1.31 bits per heavy atom. The topological polar surface area (TPSA) is 95.0 Å². The van der Waals surface area contributed by atoms with Crippen molar-refractivity contribution in [1.29, 1.82) is 0 Å². The highest BCUT2D eigenvalue weighted by molar-refractivity contribution is 5.98. The Bertz CT molecular complexity index is 1600. The van der Waals surface area contributed by atoms with E-state index in [1.807, 2.05) is 0 Å². The molecule has 182 valence electrons. The minimum atomic E-state index is -1.64.